The van der Waals surface area contributed by atoms with E-state index >= 15 is 0 Å². The van der Waals surface area contributed by atoms with Gasteiger partial charge in [0.2, 0.25) is 0 Å². The number of fused-ring (bicyclic) bond motifs is 2. The Balaban J connectivity index is 0.000000188. The van der Waals surface area contributed by atoms with Crippen molar-refractivity contribution in [3.05, 3.63) is 95.2 Å². The summed E-state index contributed by atoms with van der Waals surface area (Å²) in [5.41, 5.74) is 8.23. The molecule has 0 spiro atoms. The number of aryl methyl sites for hydroxylation is 1. The first-order chi connectivity index (χ1) is 15.2. The van der Waals surface area contributed by atoms with Crippen LogP contribution < -0.4 is 0 Å². The molecule has 4 aromatic rings. The van der Waals surface area contributed by atoms with Crippen LogP contribution in [0.25, 0.3) is 27.4 Å². The summed E-state index contributed by atoms with van der Waals surface area (Å²) in [7, 11) is 9.87. The summed E-state index contributed by atoms with van der Waals surface area (Å²) in [6.07, 6.45) is 5.59. The Morgan fingerprint density at radius 3 is 2.22 bits per heavy atom. The van der Waals surface area contributed by atoms with Gasteiger partial charge >= 0.3 is 37.9 Å². The quantitative estimate of drug-likeness (QED) is 0.212. The summed E-state index contributed by atoms with van der Waals surface area (Å²) in [6.45, 7) is 13.1. The Morgan fingerprint density at radius 1 is 0.938 bits per heavy atom. The van der Waals surface area contributed by atoms with Gasteiger partial charge in [0.1, 0.15) is 0 Å². The minimum atomic E-state index is -0.826. The fourth-order valence-corrected chi connectivity index (χ4v) is 4.28. The van der Waals surface area contributed by atoms with Crippen molar-refractivity contribution < 1.29 is 20.8 Å². The van der Waals surface area contributed by atoms with Crippen molar-refractivity contribution in [3.63, 3.8) is 0 Å². The summed E-state index contributed by atoms with van der Waals surface area (Å²) in [4.78, 5) is 0. The third-order valence-electron chi connectivity index (χ3n) is 6.29. The zero-order valence-corrected chi connectivity index (χ0v) is 23.5. The maximum atomic E-state index is 4.93. The SMILES string of the molecule is CC1=[C-]C(C)(C)C(C)=C1C.Cc1cc2c(-n3ccc4ccccc43)cccc2[cH-]1.[Cl][Zr+2][Cl]. The van der Waals surface area contributed by atoms with Crippen molar-refractivity contribution in [2.75, 3.05) is 0 Å². The molecule has 0 radical (unpaired) electrons. The van der Waals surface area contributed by atoms with Crippen molar-refractivity contribution in [2.45, 2.75) is 41.5 Å². The van der Waals surface area contributed by atoms with Crippen molar-refractivity contribution >= 4 is 38.7 Å². The van der Waals surface area contributed by atoms with Gasteiger partial charge < -0.3 is 4.57 Å². The number of hydrogen-bond acceptors (Lipinski definition) is 0. The van der Waals surface area contributed by atoms with E-state index in [9.17, 15) is 0 Å². The molecular formula is C28H29Cl2NZr. The van der Waals surface area contributed by atoms with Gasteiger partial charge in [0.15, 0.2) is 0 Å². The van der Waals surface area contributed by atoms with Crippen LogP contribution in [0.2, 0.25) is 0 Å². The molecule has 1 aromatic heterocycles. The Morgan fingerprint density at radius 2 is 1.62 bits per heavy atom. The Hall–Kier alpha value is -1.47. The monoisotopic (exact) mass is 539 g/mol. The molecule has 5 rings (SSSR count). The number of benzene rings is 2. The Bertz CT molecular complexity index is 1290. The molecule has 0 atom stereocenters. The van der Waals surface area contributed by atoms with Gasteiger partial charge in [-0.15, -0.1) is 41.5 Å². The third kappa shape index (κ3) is 5.36. The van der Waals surface area contributed by atoms with Crippen molar-refractivity contribution in [3.8, 4) is 5.69 Å². The second-order valence-electron chi connectivity index (χ2n) is 8.75. The third-order valence-corrected chi connectivity index (χ3v) is 6.29. The number of halogens is 2. The molecule has 1 aliphatic rings. The zero-order chi connectivity index (χ0) is 23.5. The van der Waals surface area contributed by atoms with Gasteiger partial charge in [-0.3, -0.25) is 6.08 Å². The van der Waals surface area contributed by atoms with Gasteiger partial charge in [-0.25, -0.2) is 5.57 Å². The normalized spacial score (nSPS) is 14.4. The molecule has 0 unspecified atom stereocenters. The molecule has 0 bridgehead atoms. The van der Waals surface area contributed by atoms with Gasteiger partial charge in [-0.05, 0) is 17.5 Å². The van der Waals surface area contributed by atoms with Crippen LogP contribution in [0.15, 0.2) is 83.6 Å². The van der Waals surface area contributed by atoms with Crippen LogP contribution in [0.1, 0.15) is 40.2 Å². The Kier molecular flexibility index (Phi) is 8.37. The summed E-state index contributed by atoms with van der Waals surface area (Å²) in [5, 5.41) is 3.91. The van der Waals surface area contributed by atoms with Crippen LogP contribution in [-0.2, 0) is 20.8 Å². The van der Waals surface area contributed by atoms with E-state index in [0.717, 1.165) is 0 Å². The van der Waals surface area contributed by atoms with Gasteiger partial charge in [0, 0.05) is 11.9 Å². The first-order valence-electron chi connectivity index (χ1n) is 10.7. The summed E-state index contributed by atoms with van der Waals surface area (Å²) >= 11 is -0.826. The van der Waals surface area contributed by atoms with Gasteiger partial charge in [-0.2, -0.15) is 17.2 Å². The number of hydrogen-bond donors (Lipinski definition) is 0. The van der Waals surface area contributed by atoms with Gasteiger partial charge in [-0.1, -0.05) is 64.3 Å². The fraction of sp³-hybridized carbons (Fsp3) is 0.250. The average Bonchev–Trinajstić information content (AvgIpc) is 3.39. The molecule has 32 heavy (non-hydrogen) atoms. The van der Waals surface area contributed by atoms with E-state index in [1.165, 1.54) is 49.6 Å². The number of rotatable bonds is 1. The van der Waals surface area contributed by atoms with Crippen LogP contribution in [0, 0.1) is 18.4 Å². The second kappa shape index (κ2) is 10.6. The molecule has 0 amide bonds. The topological polar surface area (TPSA) is 4.93 Å². The summed E-state index contributed by atoms with van der Waals surface area (Å²) < 4.78 is 2.27. The fourth-order valence-electron chi connectivity index (χ4n) is 4.28. The molecule has 0 N–H and O–H groups in total. The molecule has 1 aliphatic carbocycles. The van der Waals surface area contributed by atoms with Crippen LogP contribution >= 0.6 is 17.0 Å². The summed E-state index contributed by atoms with van der Waals surface area (Å²) in [5.74, 6) is 0. The molecule has 0 saturated carbocycles. The van der Waals surface area contributed by atoms with Gasteiger partial charge in [0.25, 0.3) is 0 Å². The van der Waals surface area contributed by atoms with E-state index in [2.05, 4.69) is 119 Å². The van der Waals surface area contributed by atoms with E-state index in [0.29, 0.717) is 0 Å². The van der Waals surface area contributed by atoms with Crippen LogP contribution in [0.3, 0.4) is 0 Å². The van der Waals surface area contributed by atoms with Crippen molar-refractivity contribution in [1.29, 1.82) is 0 Å². The van der Waals surface area contributed by atoms with E-state index in [-0.39, 0.29) is 5.41 Å². The van der Waals surface area contributed by atoms with Crippen molar-refractivity contribution in [1.82, 2.24) is 4.57 Å². The number of nitrogens with zero attached hydrogens (tertiary/aromatic N) is 1. The average molecular weight is 542 g/mol. The zero-order valence-electron chi connectivity index (χ0n) is 19.6. The molecule has 0 aliphatic heterocycles. The van der Waals surface area contributed by atoms with E-state index in [4.69, 9.17) is 17.0 Å². The maximum absolute atomic E-state index is 4.93. The first-order valence-corrected chi connectivity index (χ1v) is 17.0. The standard InChI is InChI=1S/C18H14N.C10H15.2ClH.Zr/c1-13-11-15-6-4-8-18(16(15)12-13)19-10-9-14-5-2-3-7-17(14)19;1-7-6-10(4,5)9(3)8(7)2;;;/h2-12H,1H3;1-5H3;2*1H;/q2*-1;;;+4/p-2. The Labute approximate surface area is 210 Å². The number of para-hydroxylation sites is 1. The molecule has 0 fully saturated rings. The molecule has 3 aromatic carbocycles. The predicted octanol–water partition coefficient (Wildman–Crippen LogP) is 9.30. The van der Waals surface area contributed by atoms with Gasteiger partial charge in [0.05, 0.1) is 5.52 Å². The molecular weight excluding hydrogens is 512 g/mol. The van der Waals surface area contributed by atoms with E-state index in [1.54, 1.807) is 0 Å². The summed E-state index contributed by atoms with van der Waals surface area (Å²) in [6, 6.07) is 21.7. The molecule has 1 nitrogen and oxygen atoms in total. The molecule has 4 heteroatoms. The number of allylic oxidation sites excluding steroid dienone is 4. The minimum absolute atomic E-state index is 0.189. The van der Waals surface area contributed by atoms with E-state index in [1.807, 2.05) is 0 Å². The number of aromatic nitrogens is 1. The molecule has 1 heterocycles. The van der Waals surface area contributed by atoms with Crippen LogP contribution in [0.5, 0.6) is 0 Å². The van der Waals surface area contributed by atoms with Crippen LogP contribution in [-0.4, -0.2) is 4.57 Å². The molecule has 0 saturated heterocycles. The van der Waals surface area contributed by atoms with Crippen molar-refractivity contribution in [2.24, 2.45) is 5.41 Å². The molecule has 164 valence electrons. The first kappa shape index (κ1) is 25.2. The van der Waals surface area contributed by atoms with E-state index < -0.39 is 20.8 Å². The van der Waals surface area contributed by atoms with Crippen LogP contribution in [0.4, 0.5) is 0 Å². The second-order valence-corrected chi connectivity index (χ2v) is 12.5. The predicted molar refractivity (Wildman–Crippen MR) is 137 cm³/mol.